The summed E-state index contributed by atoms with van der Waals surface area (Å²) in [5.41, 5.74) is 0.389. The first-order chi connectivity index (χ1) is 9.00. The Morgan fingerprint density at radius 2 is 2.11 bits per heavy atom. The largest absolute Gasteiger partial charge is 0.507 e. The lowest BCUT2D eigenvalue weighted by Crippen LogP contribution is -2.44. The molecule has 2 atom stereocenters. The molecule has 0 saturated heterocycles. The van der Waals surface area contributed by atoms with Gasteiger partial charge in [0.05, 0.1) is 5.56 Å². The van der Waals surface area contributed by atoms with E-state index in [2.05, 4.69) is 38.5 Å². The molecule has 1 N–H and O–H groups in total. The van der Waals surface area contributed by atoms with Crippen LogP contribution in [-0.2, 0) is 0 Å². The number of benzene rings is 1. The van der Waals surface area contributed by atoms with Gasteiger partial charge in [-0.1, -0.05) is 28.8 Å². The van der Waals surface area contributed by atoms with E-state index in [0.29, 0.717) is 10.4 Å². The molecule has 1 aliphatic rings. The summed E-state index contributed by atoms with van der Waals surface area (Å²) in [7, 11) is 1.83. The van der Waals surface area contributed by atoms with Crippen molar-refractivity contribution in [2.75, 3.05) is 7.05 Å². The zero-order chi connectivity index (χ0) is 14.0. The number of hydrogen-bond acceptors (Lipinski definition) is 2. The topological polar surface area (TPSA) is 40.5 Å². The lowest BCUT2D eigenvalue weighted by Gasteiger charge is -2.35. The summed E-state index contributed by atoms with van der Waals surface area (Å²) in [6, 6.07) is 5.31. The number of carbonyl (C=O) groups excluding carboxylic acids is 1. The molecule has 1 aliphatic carbocycles. The first kappa shape index (κ1) is 15.1. The number of nitrogens with zero attached hydrogens (tertiary/aromatic N) is 1. The molecular formula is C14H17BrINO2. The zero-order valence-corrected chi connectivity index (χ0v) is 14.5. The summed E-state index contributed by atoms with van der Waals surface area (Å²) in [5, 5.41) is 9.86. The summed E-state index contributed by atoms with van der Waals surface area (Å²) < 4.78 is 0.950. The average molecular weight is 438 g/mol. The van der Waals surface area contributed by atoms with Gasteiger partial charge in [-0.25, -0.2) is 0 Å². The molecule has 0 radical (unpaired) electrons. The van der Waals surface area contributed by atoms with Crippen LogP contribution in [0.25, 0.3) is 0 Å². The Morgan fingerprint density at radius 1 is 1.42 bits per heavy atom. The van der Waals surface area contributed by atoms with Gasteiger partial charge in [-0.15, -0.1) is 0 Å². The molecule has 104 valence electrons. The van der Waals surface area contributed by atoms with Gasteiger partial charge in [0.1, 0.15) is 5.75 Å². The second kappa shape index (κ2) is 6.43. The molecule has 0 aromatic heterocycles. The number of hydrogen-bond donors (Lipinski definition) is 1. The van der Waals surface area contributed by atoms with Gasteiger partial charge >= 0.3 is 0 Å². The molecule has 0 bridgehead atoms. The zero-order valence-electron chi connectivity index (χ0n) is 10.8. The van der Waals surface area contributed by atoms with E-state index in [1.807, 2.05) is 7.05 Å². The van der Waals surface area contributed by atoms with Crippen molar-refractivity contribution >= 4 is 44.4 Å². The smallest absolute Gasteiger partial charge is 0.257 e. The van der Waals surface area contributed by atoms with Crippen LogP contribution in [0.1, 0.15) is 36.0 Å². The SMILES string of the molecule is CN(C(=O)c1cc(I)ccc1O)C1CCCCC1Br. The fourth-order valence-corrected chi connectivity index (χ4v) is 3.96. The van der Waals surface area contributed by atoms with Crippen LogP contribution in [-0.4, -0.2) is 33.8 Å². The second-order valence-electron chi connectivity index (χ2n) is 4.95. The Morgan fingerprint density at radius 3 is 2.79 bits per heavy atom. The third-order valence-corrected chi connectivity index (χ3v) is 5.39. The van der Waals surface area contributed by atoms with Gasteiger partial charge in [-0.2, -0.15) is 0 Å². The number of amides is 1. The Hall–Kier alpha value is -0.300. The standard InChI is InChI=1S/C14H17BrINO2/c1-17(12-5-3-2-4-11(12)15)14(19)10-8-9(16)6-7-13(10)18/h6-8,11-12,18H,2-5H2,1H3. The highest BCUT2D eigenvalue weighted by Gasteiger charge is 2.30. The minimum Gasteiger partial charge on any atom is -0.507 e. The highest BCUT2D eigenvalue weighted by Crippen LogP contribution is 2.30. The van der Waals surface area contributed by atoms with Gasteiger partial charge in [0.25, 0.3) is 5.91 Å². The van der Waals surface area contributed by atoms with Crippen LogP contribution in [0.5, 0.6) is 5.75 Å². The average Bonchev–Trinajstić information content (AvgIpc) is 2.40. The van der Waals surface area contributed by atoms with E-state index in [-0.39, 0.29) is 17.7 Å². The van der Waals surface area contributed by atoms with Gasteiger partial charge in [-0.05, 0) is 53.6 Å². The normalized spacial score (nSPS) is 23.1. The Labute approximate surface area is 135 Å². The molecule has 2 rings (SSSR count). The van der Waals surface area contributed by atoms with Crippen LogP contribution in [0.3, 0.4) is 0 Å². The molecule has 3 nitrogen and oxygen atoms in total. The number of rotatable bonds is 2. The Bertz CT molecular complexity index is 481. The van der Waals surface area contributed by atoms with Crippen LogP contribution in [0.15, 0.2) is 18.2 Å². The first-order valence-corrected chi connectivity index (χ1v) is 8.40. The van der Waals surface area contributed by atoms with Crippen molar-refractivity contribution < 1.29 is 9.90 Å². The number of carbonyl (C=O) groups is 1. The molecule has 1 amide bonds. The van der Waals surface area contributed by atoms with Gasteiger partial charge in [0, 0.05) is 21.5 Å². The summed E-state index contributed by atoms with van der Waals surface area (Å²) >= 11 is 5.82. The third kappa shape index (κ3) is 3.42. The minimum atomic E-state index is -0.104. The first-order valence-electron chi connectivity index (χ1n) is 6.40. The fourth-order valence-electron chi connectivity index (χ4n) is 2.52. The number of phenols is 1. The quantitative estimate of drug-likeness (QED) is 0.565. The van der Waals surface area contributed by atoms with Crippen LogP contribution in [0.4, 0.5) is 0 Å². The van der Waals surface area contributed by atoms with E-state index in [4.69, 9.17) is 0 Å². The van der Waals surface area contributed by atoms with Crippen molar-refractivity contribution in [1.82, 2.24) is 4.90 Å². The highest BCUT2D eigenvalue weighted by molar-refractivity contribution is 14.1. The second-order valence-corrected chi connectivity index (χ2v) is 7.37. The van der Waals surface area contributed by atoms with Crippen LogP contribution in [0, 0.1) is 3.57 Å². The van der Waals surface area contributed by atoms with E-state index < -0.39 is 0 Å². The summed E-state index contributed by atoms with van der Waals surface area (Å²) in [4.78, 5) is 14.6. The monoisotopic (exact) mass is 437 g/mol. The summed E-state index contributed by atoms with van der Waals surface area (Å²) in [6.07, 6.45) is 4.48. The molecule has 1 aromatic rings. The van der Waals surface area contributed by atoms with Gasteiger partial charge in [0.2, 0.25) is 0 Å². The van der Waals surface area contributed by atoms with Gasteiger partial charge in [-0.3, -0.25) is 4.79 Å². The van der Waals surface area contributed by atoms with E-state index in [9.17, 15) is 9.90 Å². The van der Waals surface area contributed by atoms with Crippen molar-refractivity contribution in [1.29, 1.82) is 0 Å². The molecule has 0 heterocycles. The molecule has 1 fully saturated rings. The predicted octanol–water partition coefficient (Wildman–Crippen LogP) is 3.77. The van der Waals surface area contributed by atoms with Gasteiger partial charge in [0.15, 0.2) is 0 Å². The van der Waals surface area contributed by atoms with Crippen molar-refractivity contribution in [2.45, 2.75) is 36.6 Å². The molecule has 1 aromatic carbocycles. The molecule has 1 saturated carbocycles. The molecular weight excluding hydrogens is 421 g/mol. The Kier molecular flexibility index (Phi) is 5.11. The highest BCUT2D eigenvalue weighted by atomic mass is 127. The van der Waals surface area contributed by atoms with Gasteiger partial charge < -0.3 is 10.0 Å². The fraction of sp³-hybridized carbons (Fsp3) is 0.500. The summed E-state index contributed by atoms with van der Waals surface area (Å²) in [5.74, 6) is -0.0495. The Balaban J connectivity index is 2.20. The predicted molar refractivity (Wildman–Crippen MR) is 87.9 cm³/mol. The van der Waals surface area contributed by atoms with Crippen LogP contribution in [0.2, 0.25) is 0 Å². The maximum Gasteiger partial charge on any atom is 0.257 e. The molecule has 5 heteroatoms. The van der Waals surface area contributed by atoms with Crippen molar-refractivity contribution in [3.05, 3.63) is 27.3 Å². The maximum atomic E-state index is 12.5. The van der Waals surface area contributed by atoms with E-state index in [1.54, 1.807) is 23.1 Å². The number of phenolic OH excluding ortho intramolecular Hbond substituents is 1. The van der Waals surface area contributed by atoms with E-state index in [1.165, 1.54) is 6.42 Å². The van der Waals surface area contributed by atoms with Crippen LogP contribution >= 0.6 is 38.5 Å². The number of halogens is 2. The van der Waals surface area contributed by atoms with Crippen molar-refractivity contribution in [3.8, 4) is 5.75 Å². The number of alkyl halides is 1. The third-order valence-electron chi connectivity index (χ3n) is 3.65. The lowest BCUT2D eigenvalue weighted by molar-refractivity contribution is 0.0701. The minimum absolute atomic E-state index is 0.0548. The lowest BCUT2D eigenvalue weighted by atomic mass is 9.94. The molecule has 0 aliphatic heterocycles. The van der Waals surface area contributed by atoms with E-state index in [0.717, 1.165) is 22.8 Å². The maximum absolute atomic E-state index is 12.5. The van der Waals surface area contributed by atoms with Crippen molar-refractivity contribution in [2.24, 2.45) is 0 Å². The number of aromatic hydroxyl groups is 1. The van der Waals surface area contributed by atoms with E-state index >= 15 is 0 Å². The molecule has 19 heavy (non-hydrogen) atoms. The molecule has 2 unspecified atom stereocenters. The van der Waals surface area contributed by atoms with Crippen LogP contribution < -0.4 is 0 Å². The summed E-state index contributed by atoms with van der Waals surface area (Å²) in [6.45, 7) is 0. The van der Waals surface area contributed by atoms with Crippen molar-refractivity contribution in [3.63, 3.8) is 0 Å². The molecule has 0 spiro atoms.